The highest BCUT2D eigenvalue weighted by molar-refractivity contribution is 7.19. The molecule has 4 nitrogen and oxygen atoms in total. The van der Waals surface area contributed by atoms with Gasteiger partial charge < -0.3 is 4.81 Å². The Kier molecular flexibility index (Phi) is 8.94. The number of nitrogens with zero attached hydrogens (tertiary/aromatic N) is 4. The van der Waals surface area contributed by atoms with Crippen molar-refractivity contribution in [2.45, 2.75) is 0 Å². The number of anilines is 2. The predicted molar refractivity (Wildman–Crippen MR) is 240 cm³/mol. The first-order valence-electron chi connectivity index (χ1n) is 19.4. The van der Waals surface area contributed by atoms with E-state index < -0.39 is 8.07 Å². The van der Waals surface area contributed by atoms with Crippen molar-refractivity contribution in [1.29, 1.82) is 0 Å². The Morgan fingerprint density at radius 3 is 1.44 bits per heavy atom. The summed E-state index contributed by atoms with van der Waals surface area (Å²) in [6.07, 6.45) is 0. The molecule has 0 aliphatic carbocycles. The Bertz CT molecular complexity index is 2710. The number of benzene rings is 8. The highest BCUT2D eigenvalue weighted by Crippen LogP contribution is 2.39. The van der Waals surface area contributed by atoms with Gasteiger partial charge in [0.1, 0.15) is 0 Å². The molecule has 1 aliphatic heterocycles. The third kappa shape index (κ3) is 6.08. The smallest absolute Gasteiger partial charge is 0.331 e. The first-order valence-corrected chi connectivity index (χ1v) is 21.4. The van der Waals surface area contributed by atoms with Crippen molar-refractivity contribution in [1.82, 2.24) is 15.0 Å². The van der Waals surface area contributed by atoms with E-state index in [0.717, 1.165) is 27.8 Å². The molecule has 268 valence electrons. The van der Waals surface area contributed by atoms with Crippen LogP contribution in [0.3, 0.4) is 0 Å². The van der Waals surface area contributed by atoms with Gasteiger partial charge in [0.15, 0.2) is 19.7 Å². The molecule has 6 heteroatoms. The number of fused-ring (bicyclic) bond motifs is 3. The van der Waals surface area contributed by atoms with Gasteiger partial charge in [-0.2, -0.15) is 9.97 Å². The fourth-order valence-corrected chi connectivity index (χ4v) is 13.4. The van der Waals surface area contributed by atoms with E-state index in [1.165, 1.54) is 31.8 Å². The summed E-state index contributed by atoms with van der Waals surface area (Å²) in [6, 6.07) is 80.3. The van der Waals surface area contributed by atoms with Crippen molar-refractivity contribution in [2.24, 2.45) is 0 Å². The topological polar surface area (TPSA) is 41.9 Å². The van der Waals surface area contributed by atoms with E-state index in [4.69, 9.17) is 15.0 Å². The average molecular weight is 745 g/mol. The van der Waals surface area contributed by atoms with Crippen LogP contribution in [0.2, 0.25) is 0 Å². The van der Waals surface area contributed by atoms with Gasteiger partial charge in [0.25, 0.3) is 0 Å². The molecule has 0 spiro atoms. The van der Waals surface area contributed by atoms with Crippen LogP contribution in [0.25, 0.3) is 33.9 Å². The largest absolute Gasteiger partial charge is 0.345 e. The minimum atomic E-state index is -2.81. The molecule has 0 saturated heterocycles. The van der Waals surface area contributed by atoms with Crippen LogP contribution >= 0.6 is 0 Å². The summed E-state index contributed by atoms with van der Waals surface area (Å²) in [4.78, 5) is 18.4. The number of para-hydroxylation sites is 1. The molecular formula is C51H37BN4Si. The van der Waals surface area contributed by atoms with E-state index in [1.54, 1.807) is 0 Å². The van der Waals surface area contributed by atoms with Crippen molar-refractivity contribution in [3.63, 3.8) is 0 Å². The molecule has 8 aromatic carbocycles. The minimum absolute atomic E-state index is 0.170. The Balaban J connectivity index is 1.23. The van der Waals surface area contributed by atoms with Crippen molar-refractivity contribution in [3.8, 4) is 33.9 Å². The number of hydrogen-bond donors (Lipinski definition) is 0. The van der Waals surface area contributed by atoms with E-state index in [0.29, 0.717) is 17.6 Å². The summed E-state index contributed by atoms with van der Waals surface area (Å²) in [5, 5.41) is 5.20. The molecule has 0 bridgehead atoms. The first-order chi connectivity index (χ1) is 28.3. The predicted octanol–water partition coefficient (Wildman–Crippen LogP) is 7.51. The molecular weight excluding hydrogens is 707 g/mol. The highest BCUT2D eigenvalue weighted by Gasteiger charge is 2.42. The summed E-state index contributed by atoms with van der Waals surface area (Å²) in [7, 11) is -2.81. The summed E-state index contributed by atoms with van der Waals surface area (Å²) in [5.41, 5.74) is 7.66. The zero-order valence-electron chi connectivity index (χ0n) is 31.2. The fourth-order valence-electron chi connectivity index (χ4n) is 8.63. The number of hydrogen-bond acceptors (Lipinski definition) is 4. The van der Waals surface area contributed by atoms with Crippen molar-refractivity contribution in [3.05, 3.63) is 224 Å². The van der Waals surface area contributed by atoms with Crippen molar-refractivity contribution >= 4 is 58.2 Å². The minimum Gasteiger partial charge on any atom is -0.345 e. The molecule has 1 aromatic heterocycles. The Hall–Kier alpha value is -7.15. The quantitative estimate of drug-likeness (QED) is 0.119. The van der Waals surface area contributed by atoms with Crippen molar-refractivity contribution in [2.75, 3.05) is 4.81 Å². The van der Waals surface area contributed by atoms with Crippen LogP contribution in [0.15, 0.2) is 224 Å². The third-order valence-electron chi connectivity index (χ3n) is 11.1. The molecule has 0 amide bonds. The molecule has 0 atom stereocenters. The Labute approximate surface area is 335 Å². The summed E-state index contributed by atoms with van der Waals surface area (Å²) >= 11 is 0. The van der Waals surface area contributed by atoms with Crippen LogP contribution in [0.4, 0.5) is 11.6 Å². The lowest BCUT2D eigenvalue weighted by Gasteiger charge is -2.37. The van der Waals surface area contributed by atoms with Gasteiger partial charge in [-0.1, -0.05) is 224 Å². The van der Waals surface area contributed by atoms with E-state index in [9.17, 15) is 0 Å². The SMILES string of the molecule is c1ccc(B2c3ccccc3-c3ccccc3N2c2nc(-c3ccccc3)nc(-c3cccc([Si](c4ccccc4)(c4ccccc4)c4ccccc4)c3)n2)cc1. The van der Waals surface area contributed by atoms with Gasteiger partial charge in [-0.25, -0.2) is 4.98 Å². The van der Waals surface area contributed by atoms with Gasteiger partial charge >= 0.3 is 6.85 Å². The molecule has 0 unspecified atom stereocenters. The molecule has 0 fully saturated rings. The van der Waals surface area contributed by atoms with Crippen LogP contribution in [0.5, 0.6) is 0 Å². The maximum atomic E-state index is 5.46. The van der Waals surface area contributed by atoms with Crippen LogP contribution in [0.1, 0.15) is 0 Å². The normalized spacial score (nSPS) is 12.1. The molecule has 1 aliphatic rings. The monoisotopic (exact) mass is 744 g/mol. The molecule has 9 aromatic rings. The Morgan fingerprint density at radius 1 is 0.368 bits per heavy atom. The van der Waals surface area contributed by atoms with Crippen LogP contribution in [-0.2, 0) is 0 Å². The summed E-state index contributed by atoms with van der Waals surface area (Å²) in [6.45, 7) is -0.170. The van der Waals surface area contributed by atoms with Crippen LogP contribution in [-0.4, -0.2) is 29.9 Å². The number of rotatable bonds is 8. The van der Waals surface area contributed by atoms with Gasteiger partial charge in [0.05, 0.1) is 0 Å². The Morgan fingerprint density at radius 2 is 0.825 bits per heavy atom. The molecule has 0 N–H and O–H groups in total. The molecule has 0 saturated carbocycles. The molecule has 2 heterocycles. The van der Waals surface area contributed by atoms with Gasteiger partial charge in [0, 0.05) is 22.4 Å². The van der Waals surface area contributed by atoms with E-state index in [-0.39, 0.29) is 6.85 Å². The summed E-state index contributed by atoms with van der Waals surface area (Å²) in [5.74, 6) is 1.85. The second-order valence-corrected chi connectivity index (χ2v) is 18.2. The van der Waals surface area contributed by atoms with E-state index in [1.807, 2.05) is 18.2 Å². The van der Waals surface area contributed by atoms with Crippen LogP contribution in [0, 0.1) is 0 Å². The lowest BCUT2D eigenvalue weighted by atomic mass is 9.46. The van der Waals surface area contributed by atoms with Gasteiger partial charge in [-0.3, -0.25) is 0 Å². The van der Waals surface area contributed by atoms with Crippen molar-refractivity contribution < 1.29 is 0 Å². The van der Waals surface area contributed by atoms with Crippen LogP contribution < -0.4 is 36.5 Å². The molecule has 57 heavy (non-hydrogen) atoms. The zero-order valence-corrected chi connectivity index (χ0v) is 32.2. The second kappa shape index (κ2) is 14.8. The maximum absolute atomic E-state index is 5.46. The average Bonchev–Trinajstić information content (AvgIpc) is 3.30. The van der Waals surface area contributed by atoms with E-state index in [2.05, 4.69) is 211 Å². The standard InChI is InChI=1S/C51H37BN4Si/c1-6-21-38(22-7-1)49-53-50(55-51(54-49)56-48-36-19-17-34-46(48)45-33-16-18-35-47(45)52(56)40-24-8-2-9-25-40)39-23-20-32-44(37-39)57(41-26-10-3-11-27-41,42-28-12-4-13-29-42)43-30-14-5-15-31-43/h1-37H. The summed E-state index contributed by atoms with van der Waals surface area (Å²) < 4.78 is 0. The molecule has 0 radical (unpaired) electrons. The highest BCUT2D eigenvalue weighted by atomic mass is 28.3. The van der Waals surface area contributed by atoms with Gasteiger partial charge in [-0.15, -0.1) is 0 Å². The van der Waals surface area contributed by atoms with E-state index >= 15 is 0 Å². The third-order valence-corrected chi connectivity index (χ3v) is 15.9. The lowest BCUT2D eigenvalue weighted by Crippen LogP contribution is -2.74. The molecule has 10 rings (SSSR count). The zero-order chi connectivity index (χ0) is 38.0. The number of aromatic nitrogens is 3. The maximum Gasteiger partial charge on any atom is 0.331 e. The lowest BCUT2D eigenvalue weighted by molar-refractivity contribution is 1.04. The first kappa shape index (κ1) is 34.3. The van der Waals surface area contributed by atoms with Gasteiger partial charge in [-0.05, 0) is 37.8 Å². The van der Waals surface area contributed by atoms with Gasteiger partial charge in [0.2, 0.25) is 5.95 Å². The fraction of sp³-hybridized carbons (Fsp3) is 0. The second-order valence-electron chi connectivity index (χ2n) is 14.4.